The van der Waals surface area contributed by atoms with Crippen LogP contribution in [0.4, 0.5) is 0 Å². The average Bonchev–Trinajstić information content (AvgIpc) is 2.77. The Hall–Kier alpha value is -1.37. The van der Waals surface area contributed by atoms with Crippen molar-refractivity contribution in [1.29, 1.82) is 0 Å². The Morgan fingerprint density at radius 1 is 1.47 bits per heavy atom. The highest BCUT2D eigenvalue weighted by Crippen LogP contribution is 2.03. The highest BCUT2D eigenvalue weighted by molar-refractivity contribution is 7.91. The summed E-state index contributed by atoms with van der Waals surface area (Å²) in [5.74, 6) is 0.219. The molecule has 1 N–H and O–H groups in total. The number of aromatic nitrogens is 1. The van der Waals surface area contributed by atoms with E-state index < -0.39 is 15.7 Å². The second kappa shape index (κ2) is 5.81. The first-order valence-corrected chi connectivity index (χ1v) is 7.25. The molecule has 0 aliphatic heterocycles. The maximum absolute atomic E-state index is 11.5. The van der Waals surface area contributed by atoms with Crippen molar-refractivity contribution in [3.63, 3.8) is 0 Å². The standard InChI is InChI=1S/C10H16N2O4S/c1-3-8-7-9(12-16-8)10(13)11-5-6-17(14,15)4-2/h7H,3-6H2,1-2H3,(H,11,13). The van der Waals surface area contributed by atoms with Gasteiger partial charge in [-0.2, -0.15) is 0 Å². The SMILES string of the molecule is CCc1cc(C(=O)NCCS(=O)(=O)CC)no1. The van der Waals surface area contributed by atoms with Gasteiger partial charge in [-0.05, 0) is 0 Å². The Kier molecular flexibility index (Phi) is 4.68. The molecule has 0 aliphatic carbocycles. The average molecular weight is 260 g/mol. The number of carbonyl (C=O) groups excluding carboxylic acids is 1. The molecule has 1 rings (SSSR count). The van der Waals surface area contributed by atoms with Gasteiger partial charge in [0.05, 0.1) is 5.75 Å². The third kappa shape index (κ3) is 4.18. The molecule has 0 atom stereocenters. The summed E-state index contributed by atoms with van der Waals surface area (Å²) in [5, 5.41) is 6.07. The molecular weight excluding hydrogens is 244 g/mol. The summed E-state index contributed by atoms with van der Waals surface area (Å²) in [7, 11) is -3.06. The van der Waals surface area contributed by atoms with Gasteiger partial charge in [0.2, 0.25) is 0 Å². The van der Waals surface area contributed by atoms with E-state index in [0.29, 0.717) is 12.2 Å². The van der Waals surface area contributed by atoms with Crippen LogP contribution in [0.25, 0.3) is 0 Å². The lowest BCUT2D eigenvalue weighted by atomic mass is 10.3. The molecular formula is C10H16N2O4S. The van der Waals surface area contributed by atoms with Crippen molar-refractivity contribution in [2.24, 2.45) is 0 Å². The molecule has 17 heavy (non-hydrogen) atoms. The number of rotatable bonds is 6. The third-order valence-corrected chi connectivity index (χ3v) is 3.98. The Bertz CT molecular complexity index is 478. The summed E-state index contributed by atoms with van der Waals surface area (Å²) < 4.78 is 27.2. The summed E-state index contributed by atoms with van der Waals surface area (Å²) >= 11 is 0. The van der Waals surface area contributed by atoms with Crippen molar-refractivity contribution in [3.05, 3.63) is 17.5 Å². The monoisotopic (exact) mass is 260 g/mol. The number of hydrogen-bond donors (Lipinski definition) is 1. The Morgan fingerprint density at radius 3 is 2.71 bits per heavy atom. The summed E-state index contributed by atoms with van der Waals surface area (Å²) in [5.41, 5.74) is 0.177. The minimum absolute atomic E-state index is 0.0618. The molecule has 1 heterocycles. The highest BCUT2D eigenvalue weighted by Gasteiger charge is 2.13. The number of carbonyl (C=O) groups is 1. The number of nitrogens with one attached hydrogen (secondary N) is 1. The second-order valence-corrected chi connectivity index (χ2v) is 6.00. The van der Waals surface area contributed by atoms with Crippen LogP contribution in [0.5, 0.6) is 0 Å². The number of hydrogen-bond acceptors (Lipinski definition) is 5. The van der Waals surface area contributed by atoms with Gasteiger partial charge in [-0.25, -0.2) is 8.42 Å². The van der Waals surface area contributed by atoms with E-state index in [0.717, 1.165) is 0 Å². The molecule has 96 valence electrons. The van der Waals surface area contributed by atoms with Gasteiger partial charge < -0.3 is 9.84 Å². The van der Waals surface area contributed by atoms with Gasteiger partial charge in [0.15, 0.2) is 15.5 Å². The van der Waals surface area contributed by atoms with E-state index >= 15 is 0 Å². The fourth-order valence-electron chi connectivity index (χ4n) is 1.14. The first-order valence-electron chi connectivity index (χ1n) is 5.42. The zero-order chi connectivity index (χ0) is 12.9. The fraction of sp³-hybridized carbons (Fsp3) is 0.600. The lowest BCUT2D eigenvalue weighted by Crippen LogP contribution is -2.29. The van der Waals surface area contributed by atoms with E-state index in [4.69, 9.17) is 4.52 Å². The minimum atomic E-state index is -3.06. The van der Waals surface area contributed by atoms with Crippen LogP contribution in [0, 0.1) is 0 Å². The van der Waals surface area contributed by atoms with Gasteiger partial charge in [0, 0.05) is 24.8 Å². The largest absolute Gasteiger partial charge is 0.361 e. The van der Waals surface area contributed by atoms with Crippen molar-refractivity contribution >= 4 is 15.7 Å². The molecule has 0 saturated carbocycles. The maximum atomic E-state index is 11.5. The van der Waals surface area contributed by atoms with Crippen LogP contribution in [0.2, 0.25) is 0 Å². The molecule has 6 nitrogen and oxygen atoms in total. The molecule has 1 aromatic rings. The highest BCUT2D eigenvalue weighted by atomic mass is 32.2. The van der Waals surface area contributed by atoms with Crippen LogP contribution in [0.15, 0.2) is 10.6 Å². The van der Waals surface area contributed by atoms with Gasteiger partial charge in [0.25, 0.3) is 5.91 Å². The molecule has 0 fully saturated rings. The lowest BCUT2D eigenvalue weighted by molar-refractivity contribution is 0.0947. The zero-order valence-electron chi connectivity index (χ0n) is 9.89. The molecule has 0 aromatic carbocycles. The van der Waals surface area contributed by atoms with Crippen LogP contribution >= 0.6 is 0 Å². The number of aryl methyl sites for hydroxylation is 1. The van der Waals surface area contributed by atoms with Crippen LogP contribution in [-0.4, -0.2) is 37.5 Å². The summed E-state index contributed by atoms with van der Waals surface area (Å²) in [6, 6.07) is 1.55. The van der Waals surface area contributed by atoms with Crippen molar-refractivity contribution in [2.45, 2.75) is 20.3 Å². The van der Waals surface area contributed by atoms with E-state index in [2.05, 4.69) is 10.5 Å². The predicted octanol–water partition coefficient (Wildman–Crippen LogP) is 0.401. The van der Waals surface area contributed by atoms with Crippen LogP contribution in [-0.2, 0) is 16.3 Å². The first kappa shape index (κ1) is 13.7. The first-order chi connectivity index (χ1) is 7.98. The quantitative estimate of drug-likeness (QED) is 0.799. The van der Waals surface area contributed by atoms with E-state index in [-0.39, 0.29) is 23.7 Å². The lowest BCUT2D eigenvalue weighted by Gasteiger charge is -2.02. The summed E-state index contributed by atoms with van der Waals surface area (Å²) in [6.07, 6.45) is 0.657. The van der Waals surface area contributed by atoms with Crippen LogP contribution in [0.1, 0.15) is 30.1 Å². The van der Waals surface area contributed by atoms with Gasteiger partial charge in [0.1, 0.15) is 5.76 Å². The molecule has 0 saturated heterocycles. The summed E-state index contributed by atoms with van der Waals surface area (Å²) in [4.78, 5) is 11.5. The molecule has 0 spiro atoms. The van der Waals surface area contributed by atoms with Crippen molar-refractivity contribution < 1.29 is 17.7 Å². The van der Waals surface area contributed by atoms with E-state index in [1.165, 1.54) is 0 Å². The fourth-order valence-corrected chi connectivity index (χ4v) is 1.84. The molecule has 0 bridgehead atoms. The minimum Gasteiger partial charge on any atom is -0.361 e. The Balaban J connectivity index is 2.45. The zero-order valence-corrected chi connectivity index (χ0v) is 10.7. The van der Waals surface area contributed by atoms with Crippen molar-refractivity contribution in [3.8, 4) is 0 Å². The van der Waals surface area contributed by atoms with Gasteiger partial charge in [-0.15, -0.1) is 0 Å². The Labute approximate surface area is 100 Å². The predicted molar refractivity (Wildman–Crippen MR) is 62.5 cm³/mol. The molecule has 1 aromatic heterocycles. The molecule has 7 heteroatoms. The second-order valence-electron chi connectivity index (χ2n) is 3.52. The third-order valence-electron chi connectivity index (χ3n) is 2.28. The number of nitrogens with zero attached hydrogens (tertiary/aromatic N) is 1. The smallest absolute Gasteiger partial charge is 0.273 e. The van der Waals surface area contributed by atoms with E-state index in [1.807, 2.05) is 6.92 Å². The van der Waals surface area contributed by atoms with Crippen molar-refractivity contribution in [1.82, 2.24) is 10.5 Å². The van der Waals surface area contributed by atoms with E-state index in [9.17, 15) is 13.2 Å². The normalized spacial score (nSPS) is 11.4. The van der Waals surface area contributed by atoms with Gasteiger partial charge in [-0.1, -0.05) is 19.0 Å². The number of amides is 1. The molecule has 1 amide bonds. The van der Waals surface area contributed by atoms with Gasteiger partial charge >= 0.3 is 0 Å². The summed E-state index contributed by atoms with van der Waals surface area (Å²) in [6.45, 7) is 3.54. The van der Waals surface area contributed by atoms with Gasteiger partial charge in [-0.3, -0.25) is 4.79 Å². The molecule has 0 aliphatic rings. The van der Waals surface area contributed by atoms with Crippen LogP contribution in [0.3, 0.4) is 0 Å². The van der Waals surface area contributed by atoms with Crippen LogP contribution < -0.4 is 5.32 Å². The molecule has 0 radical (unpaired) electrons. The maximum Gasteiger partial charge on any atom is 0.273 e. The number of sulfone groups is 1. The van der Waals surface area contributed by atoms with Crippen molar-refractivity contribution in [2.75, 3.05) is 18.1 Å². The van der Waals surface area contributed by atoms with E-state index in [1.54, 1.807) is 13.0 Å². The molecule has 0 unspecified atom stereocenters. The Morgan fingerprint density at radius 2 is 2.18 bits per heavy atom. The topological polar surface area (TPSA) is 89.3 Å².